The lowest BCUT2D eigenvalue weighted by Gasteiger charge is -2.46. The summed E-state index contributed by atoms with van der Waals surface area (Å²) in [5, 5.41) is 32.2. The lowest BCUT2D eigenvalue weighted by atomic mass is 9.70. The molecule has 130 heavy (non-hydrogen) atoms. The lowest BCUT2D eigenvalue weighted by Crippen LogP contribution is -2.56. The Morgan fingerprint density at radius 3 is 1.39 bits per heavy atom. The molecule has 17 rings (SSSR count). The first kappa shape index (κ1) is 93.0. The maximum absolute atomic E-state index is 13.7. The van der Waals surface area contributed by atoms with E-state index in [1.54, 1.807) is 112 Å². The molecule has 23 nitrogen and oxygen atoms in total. The first-order valence-electron chi connectivity index (χ1n) is 42.0. The van der Waals surface area contributed by atoms with Gasteiger partial charge in [0.05, 0.1) is 68.6 Å². The highest BCUT2D eigenvalue weighted by Crippen LogP contribution is 2.54. The number of nitrogens with two attached hydrogens (primary N) is 4. The van der Waals surface area contributed by atoms with Crippen LogP contribution in [0.15, 0.2) is 242 Å². The molecule has 6 aliphatic rings. The van der Waals surface area contributed by atoms with Crippen molar-refractivity contribution >= 4 is 118 Å². The van der Waals surface area contributed by atoms with Crippen molar-refractivity contribution in [2.24, 2.45) is 54.7 Å². The predicted molar refractivity (Wildman–Crippen MR) is 504 cm³/mol. The number of amides is 4. The molecule has 3 aromatic heterocycles. The smallest absolute Gasteiger partial charge is 0.270 e. The molecule has 1 saturated heterocycles. The van der Waals surface area contributed by atoms with Gasteiger partial charge in [0.2, 0.25) is 23.6 Å². The van der Waals surface area contributed by atoms with Gasteiger partial charge in [-0.1, -0.05) is 127 Å². The number of aromatic nitrogens is 1. The number of carbonyl (C=O) groups is 4. The number of carbonyl (C=O) groups excluding carboxylic acids is 4. The van der Waals surface area contributed by atoms with Crippen LogP contribution in [0.2, 0.25) is 0 Å². The highest BCUT2D eigenvalue weighted by Gasteiger charge is 2.54. The zero-order chi connectivity index (χ0) is 93.8. The molecule has 10 atom stereocenters. The van der Waals surface area contributed by atoms with Gasteiger partial charge >= 0.3 is 0 Å². The molecule has 0 bridgehead atoms. The first-order chi connectivity index (χ1) is 61.5. The van der Waals surface area contributed by atoms with Gasteiger partial charge in [-0.15, -0.1) is 22.7 Å². The van der Waals surface area contributed by atoms with Crippen molar-refractivity contribution in [2.45, 2.75) is 141 Å². The fourth-order valence-electron chi connectivity index (χ4n) is 17.9. The number of aryl methyl sites for hydroxylation is 1. The van der Waals surface area contributed by atoms with Crippen LogP contribution in [-0.4, -0.2) is 134 Å². The van der Waals surface area contributed by atoms with E-state index in [-0.39, 0.29) is 75.8 Å². The lowest BCUT2D eigenvalue weighted by molar-refractivity contribution is -0.137. The number of alkyl halides is 4. The van der Waals surface area contributed by atoms with Gasteiger partial charge in [0.25, 0.3) is 11.8 Å². The van der Waals surface area contributed by atoms with Gasteiger partial charge in [-0.05, 0) is 195 Å². The molecule has 8 heterocycles. The number of fused-ring (bicyclic) bond motifs is 3. The average molecular weight is 1830 g/mol. The van der Waals surface area contributed by atoms with Crippen LogP contribution in [0.3, 0.4) is 0 Å². The van der Waals surface area contributed by atoms with Crippen LogP contribution in [0, 0.1) is 52.8 Å². The van der Waals surface area contributed by atoms with E-state index in [9.17, 15) is 60.9 Å². The van der Waals surface area contributed by atoms with Crippen LogP contribution in [0.1, 0.15) is 156 Å². The van der Waals surface area contributed by atoms with Crippen LogP contribution >= 0.6 is 22.7 Å². The van der Waals surface area contributed by atoms with Gasteiger partial charge in [0, 0.05) is 143 Å². The van der Waals surface area contributed by atoms with E-state index in [0.717, 1.165) is 106 Å². The molecule has 1 aliphatic carbocycles. The van der Waals surface area contributed by atoms with Gasteiger partial charge in [-0.2, -0.15) is 15.8 Å². The molecule has 2 unspecified atom stereocenters. The third kappa shape index (κ3) is 18.0. The zero-order valence-corrected chi connectivity index (χ0v) is 77.3. The molecule has 8 aromatic carbocycles. The van der Waals surface area contributed by atoms with E-state index in [4.69, 9.17) is 32.9 Å². The average Bonchev–Trinajstić information content (AvgIpc) is 1.59. The Hall–Kier alpha value is -13.1. The number of anilines is 1. The number of piperidine rings is 1. The fourth-order valence-corrected chi connectivity index (χ4v) is 21.3. The van der Waals surface area contributed by atoms with Crippen molar-refractivity contribution in [3.63, 3.8) is 0 Å². The number of guanidine groups is 4. The van der Waals surface area contributed by atoms with E-state index < -0.39 is 73.4 Å². The number of benzene rings is 8. The number of nitriles is 3. The molecule has 2 fully saturated rings. The summed E-state index contributed by atoms with van der Waals surface area (Å²) in [7, 11) is 3.99. The number of likely N-dealkylation sites (N-methyl/N-ethyl adjacent to an activating group) is 3. The maximum atomic E-state index is 13.7. The minimum atomic E-state index is -2.97. The number of nitrogens with zero attached hydrogens (tertiary/aromatic N) is 13. The SMILES string of the molecule is CN1C(=O)[C@@H](c2ccc(C(C)(F)F)cc2)[C@@](C)(c2cccc(S(C)=O)c2)N=C1N.CN1C(=O)[C@H](c2ccc(C(C)(F)F)cc2)[C@@](C)(c2cccc(S(C)=O)c2)N=C1N.CN1C(=O)[C@H](c2ccc(C3(C#N)CC3)cc2)[C@@](C)(c2cc3c(cnc4ccc(C#N)cc43)s2)N=C1N.Cc1ccc(N2CCC([C@@H]3C(=O)N(C)C(N)=N[C@]3(C)c3cc(-c4cccc(C#N)c4)cs3)CC2)cc1. The highest BCUT2D eigenvalue weighted by atomic mass is 32.2. The van der Waals surface area contributed by atoms with Crippen molar-refractivity contribution in [3.8, 4) is 29.3 Å². The second-order valence-corrected chi connectivity index (χ2v) is 39.4. The van der Waals surface area contributed by atoms with Gasteiger partial charge in [0.15, 0.2) is 23.8 Å². The third-order valence-electron chi connectivity index (χ3n) is 26.0. The van der Waals surface area contributed by atoms with Crippen molar-refractivity contribution in [3.05, 3.63) is 283 Å². The summed E-state index contributed by atoms with van der Waals surface area (Å²) in [6.07, 6.45) is 8.54. The van der Waals surface area contributed by atoms with Gasteiger partial charge in [-0.3, -0.25) is 52.2 Å². The summed E-state index contributed by atoms with van der Waals surface area (Å²) in [6.45, 7) is 13.1. The Bertz CT molecular complexity index is 6440. The Labute approximate surface area is 765 Å². The molecule has 5 aliphatic heterocycles. The van der Waals surface area contributed by atoms with E-state index in [2.05, 4.69) is 93.7 Å². The monoisotopic (exact) mass is 1830 g/mol. The summed E-state index contributed by atoms with van der Waals surface area (Å²) < 4.78 is 79.3. The van der Waals surface area contributed by atoms with E-state index in [0.29, 0.717) is 43.2 Å². The second-order valence-electron chi connectivity index (χ2n) is 34.7. The van der Waals surface area contributed by atoms with Crippen LogP contribution in [-0.2, 0) is 80.2 Å². The number of thiophene rings is 2. The summed E-state index contributed by atoms with van der Waals surface area (Å²) in [6, 6.07) is 66.0. The van der Waals surface area contributed by atoms with Crippen molar-refractivity contribution in [1.29, 1.82) is 15.8 Å². The number of aliphatic imine (C=N–C) groups is 4. The Morgan fingerprint density at radius 1 is 0.485 bits per heavy atom. The minimum Gasteiger partial charge on any atom is -0.372 e. The quantitative estimate of drug-likeness (QED) is 0.0693. The highest BCUT2D eigenvalue weighted by molar-refractivity contribution is 7.84. The van der Waals surface area contributed by atoms with Crippen molar-refractivity contribution in [2.75, 3.05) is 58.7 Å². The standard InChI is InChI=1S/C29H31N5OS.C28H22N6OS.2C21H23F2N3O2S/c1-19-7-9-24(10-8-19)34-13-11-21(12-14-34)26-27(35)33(3)28(31)32-29(26,2)25-16-23(18-36-25)22-6-4-5-20(15-22)17-30;1-27(23-12-20-19-11-16(13-29)3-8-21(19)32-14-22(20)36-23)24(25(35)34(2)26(31)33-27)17-4-6-18(7-5-17)28(15-30)9-10-28;2*1-20(15-6-5-7-16(12-15)29(4)28)17(18(27)26(3)19(24)25-20)13-8-10-14(11-9-13)21(2,22)23/h4-10,15-16,18,21,26H,11-14H2,1-3H3,(H2,31,32);3-8,11-12,14,24H,9-10H2,1-2H3,(H2,31,33);2*5-12,17H,1-4H3,(H2,24,25)/t26-,29-;24-,27+;17-,20+,29?;17-,20-,29?/m1001/s1. The van der Waals surface area contributed by atoms with Gasteiger partial charge in [0.1, 0.15) is 22.2 Å². The normalized spacial score (nSPS) is 23.2. The van der Waals surface area contributed by atoms with Crippen molar-refractivity contribution < 1.29 is 45.2 Å². The molecule has 0 radical (unpaired) electrons. The van der Waals surface area contributed by atoms with Crippen LogP contribution in [0.4, 0.5) is 23.2 Å². The van der Waals surface area contributed by atoms with Gasteiger partial charge in [-0.25, -0.2) is 37.5 Å². The summed E-state index contributed by atoms with van der Waals surface area (Å²) >= 11 is 3.14. The van der Waals surface area contributed by atoms with Crippen LogP contribution in [0.25, 0.3) is 32.1 Å². The van der Waals surface area contributed by atoms with E-state index in [1.165, 1.54) is 105 Å². The number of hydrogen-bond acceptors (Lipinski definition) is 21. The molecule has 8 N–H and O–H groups in total. The third-order valence-corrected chi connectivity index (χ3v) is 30.3. The Morgan fingerprint density at radius 2 is 0.931 bits per heavy atom. The van der Waals surface area contributed by atoms with Gasteiger partial charge < -0.3 is 27.8 Å². The number of hydrogen-bond donors (Lipinski definition) is 4. The Balaban J connectivity index is 0.000000141. The number of pyridine rings is 1. The van der Waals surface area contributed by atoms with Crippen LogP contribution in [0.5, 0.6) is 0 Å². The first-order valence-corrected chi connectivity index (χ1v) is 46.8. The number of rotatable bonds is 15. The van der Waals surface area contributed by atoms with E-state index in [1.807, 2.05) is 67.7 Å². The summed E-state index contributed by atoms with van der Waals surface area (Å²) in [5.74, 6) is -8.30. The Kier molecular flexibility index (Phi) is 25.8. The minimum absolute atomic E-state index is 0.0419. The molecular weight excluding hydrogens is 1730 g/mol. The maximum Gasteiger partial charge on any atom is 0.270 e. The van der Waals surface area contributed by atoms with E-state index >= 15 is 0 Å². The molecule has 668 valence electrons. The molecule has 1 saturated carbocycles. The van der Waals surface area contributed by atoms with Crippen LogP contribution < -0.4 is 27.8 Å². The zero-order valence-electron chi connectivity index (χ0n) is 74.1. The largest absolute Gasteiger partial charge is 0.372 e. The van der Waals surface area contributed by atoms with Crippen molar-refractivity contribution in [1.82, 2.24) is 24.6 Å². The topological polar surface area (TPSA) is 356 Å². The second kappa shape index (κ2) is 36.1. The molecule has 4 amide bonds. The molecule has 0 spiro atoms. The summed E-state index contributed by atoms with van der Waals surface area (Å²) in [4.78, 5) is 88.3. The summed E-state index contributed by atoms with van der Waals surface area (Å²) in [5.41, 5.74) is 30.7. The molecule has 31 heteroatoms. The molecular formula is C99H99F4N17O6S4. The predicted octanol–water partition coefficient (Wildman–Crippen LogP) is 16.4. The number of halogens is 4. The molecule has 11 aromatic rings. The fraction of sp³-hybridized carbons (Fsp3) is 0.313.